The lowest BCUT2D eigenvalue weighted by molar-refractivity contribution is -0.145. The van der Waals surface area contributed by atoms with Crippen LogP contribution in [0, 0.1) is 5.92 Å². The molecule has 0 N–H and O–H groups in total. The summed E-state index contributed by atoms with van der Waals surface area (Å²) in [7, 11) is 2.92. The predicted octanol–water partition coefficient (Wildman–Crippen LogP) is 3.16. The minimum absolute atomic E-state index is 0.164. The molecule has 0 spiro atoms. The first-order chi connectivity index (χ1) is 13.5. The van der Waals surface area contributed by atoms with Gasteiger partial charge in [0.25, 0.3) is 5.91 Å². The van der Waals surface area contributed by atoms with Crippen LogP contribution in [-0.2, 0) is 20.9 Å². The van der Waals surface area contributed by atoms with Crippen molar-refractivity contribution in [3.05, 3.63) is 65.7 Å². The average molecular weight is 385 g/mol. The zero-order valence-electron chi connectivity index (χ0n) is 16.6. The van der Waals surface area contributed by atoms with E-state index in [4.69, 9.17) is 14.2 Å². The second-order valence-electron chi connectivity index (χ2n) is 6.47. The van der Waals surface area contributed by atoms with Crippen LogP contribution in [0.25, 0.3) is 0 Å². The molecule has 1 atom stereocenters. The normalized spacial score (nSPS) is 11.5. The van der Waals surface area contributed by atoms with Crippen LogP contribution in [-0.4, -0.2) is 50.7 Å². The number of hydrogen-bond donors (Lipinski definition) is 0. The molecule has 6 nitrogen and oxygen atoms in total. The minimum atomic E-state index is -0.417. The smallest absolute Gasteiger partial charge is 0.310 e. The van der Waals surface area contributed by atoms with Gasteiger partial charge in [0.1, 0.15) is 12.4 Å². The second-order valence-corrected chi connectivity index (χ2v) is 6.47. The van der Waals surface area contributed by atoms with Crippen LogP contribution < -0.4 is 4.74 Å². The van der Waals surface area contributed by atoms with Crippen molar-refractivity contribution in [2.75, 3.05) is 33.9 Å². The Balaban J connectivity index is 2.01. The van der Waals surface area contributed by atoms with Crippen LogP contribution in [0.5, 0.6) is 5.75 Å². The Kier molecular flexibility index (Phi) is 8.49. The van der Waals surface area contributed by atoms with Crippen molar-refractivity contribution >= 4 is 11.9 Å². The zero-order chi connectivity index (χ0) is 20.4. The number of carbonyl (C=O) groups excluding carboxylic acids is 2. The third-order valence-electron chi connectivity index (χ3n) is 4.30. The Hall–Kier alpha value is -2.86. The van der Waals surface area contributed by atoms with Gasteiger partial charge in [-0.25, -0.2) is 0 Å². The van der Waals surface area contributed by atoms with Gasteiger partial charge in [-0.15, -0.1) is 0 Å². The van der Waals surface area contributed by atoms with E-state index in [1.165, 1.54) is 7.11 Å². The van der Waals surface area contributed by atoms with Gasteiger partial charge in [-0.05, 0) is 29.8 Å². The van der Waals surface area contributed by atoms with Gasteiger partial charge in [-0.1, -0.05) is 37.3 Å². The van der Waals surface area contributed by atoms with Crippen LogP contribution in [0.15, 0.2) is 54.6 Å². The maximum absolute atomic E-state index is 12.9. The van der Waals surface area contributed by atoms with E-state index in [1.54, 1.807) is 43.2 Å². The van der Waals surface area contributed by atoms with Crippen LogP contribution in [0.4, 0.5) is 0 Å². The topological polar surface area (TPSA) is 65.1 Å². The molecule has 150 valence electrons. The molecule has 6 heteroatoms. The van der Waals surface area contributed by atoms with Crippen LogP contribution in [0.3, 0.4) is 0 Å². The van der Waals surface area contributed by atoms with Crippen molar-refractivity contribution in [3.8, 4) is 5.75 Å². The minimum Gasteiger partial charge on any atom is -0.489 e. The van der Waals surface area contributed by atoms with Crippen molar-refractivity contribution in [2.45, 2.75) is 13.5 Å². The van der Waals surface area contributed by atoms with Gasteiger partial charge in [0.2, 0.25) is 0 Å². The van der Waals surface area contributed by atoms with Crippen LogP contribution >= 0.6 is 0 Å². The first kappa shape index (κ1) is 21.4. The maximum atomic E-state index is 12.9. The van der Waals surface area contributed by atoms with Gasteiger partial charge in [0.15, 0.2) is 0 Å². The molecule has 0 saturated heterocycles. The Labute approximate surface area is 166 Å². The van der Waals surface area contributed by atoms with E-state index in [-0.39, 0.29) is 18.4 Å². The standard InChI is InChI=1S/C22H27NO5/c1-17(22(25)27-3)15-23(13-14-26-2)21(24)19-9-11-20(12-10-19)28-16-18-7-5-4-6-8-18/h4-12,17H,13-16H2,1-3H3. The quantitative estimate of drug-likeness (QED) is 0.588. The van der Waals surface area contributed by atoms with Crippen molar-refractivity contribution in [1.29, 1.82) is 0 Å². The van der Waals surface area contributed by atoms with Gasteiger partial charge in [-0.3, -0.25) is 9.59 Å². The number of methoxy groups -OCH3 is 2. The molecular weight excluding hydrogens is 358 g/mol. The summed E-state index contributed by atoms with van der Waals surface area (Å²) in [6.45, 7) is 3.24. The van der Waals surface area contributed by atoms with Crippen LogP contribution in [0.2, 0.25) is 0 Å². The fraction of sp³-hybridized carbons (Fsp3) is 0.364. The summed E-state index contributed by atoms with van der Waals surface area (Å²) in [6.07, 6.45) is 0. The molecular formula is C22H27NO5. The molecule has 2 aromatic rings. The molecule has 28 heavy (non-hydrogen) atoms. The predicted molar refractivity (Wildman–Crippen MR) is 106 cm³/mol. The van der Waals surface area contributed by atoms with E-state index >= 15 is 0 Å². The summed E-state index contributed by atoms with van der Waals surface area (Å²) < 4.78 is 15.6. The molecule has 1 unspecified atom stereocenters. The fourth-order valence-electron chi connectivity index (χ4n) is 2.70. The van der Waals surface area contributed by atoms with E-state index in [1.807, 2.05) is 30.3 Å². The van der Waals surface area contributed by atoms with E-state index in [0.717, 1.165) is 5.56 Å². The number of ether oxygens (including phenoxy) is 3. The number of rotatable bonds is 10. The van der Waals surface area contributed by atoms with Crippen molar-refractivity contribution in [2.24, 2.45) is 5.92 Å². The molecule has 0 heterocycles. The molecule has 0 aliphatic heterocycles. The largest absolute Gasteiger partial charge is 0.489 e. The number of benzene rings is 2. The Morgan fingerprint density at radius 3 is 2.29 bits per heavy atom. The summed E-state index contributed by atoms with van der Waals surface area (Å²) in [6, 6.07) is 16.9. The second kappa shape index (κ2) is 11.1. The van der Waals surface area contributed by atoms with Gasteiger partial charge < -0.3 is 19.1 Å². The number of nitrogens with zero attached hydrogens (tertiary/aromatic N) is 1. The number of hydrogen-bond acceptors (Lipinski definition) is 5. The lowest BCUT2D eigenvalue weighted by Gasteiger charge is -2.25. The van der Waals surface area contributed by atoms with Gasteiger partial charge in [0.05, 0.1) is 19.6 Å². The SMILES string of the molecule is COCCN(CC(C)C(=O)OC)C(=O)c1ccc(OCc2ccccc2)cc1. The summed E-state index contributed by atoms with van der Waals surface area (Å²) in [5.74, 6) is -0.242. The van der Waals surface area contributed by atoms with Gasteiger partial charge in [-0.2, -0.15) is 0 Å². The summed E-state index contributed by atoms with van der Waals surface area (Å²) >= 11 is 0. The lowest BCUT2D eigenvalue weighted by Crippen LogP contribution is -2.39. The van der Waals surface area contributed by atoms with Gasteiger partial charge in [0, 0.05) is 25.8 Å². The molecule has 0 aliphatic carbocycles. The molecule has 1 amide bonds. The van der Waals surface area contributed by atoms with Crippen molar-refractivity contribution in [3.63, 3.8) is 0 Å². The number of carbonyl (C=O) groups is 2. The van der Waals surface area contributed by atoms with E-state index < -0.39 is 5.92 Å². The Bertz CT molecular complexity index is 745. The first-order valence-corrected chi connectivity index (χ1v) is 9.18. The van der Waals surface area contributed by atoms with Crippen LogP contribution in [0.1, 0.15) is 22.8 Å². The summed E-state index contributed by atoms with van der Waals surface area (Å²) in [5, 5.41) is 0. The van der Waals surface area contributed by atoms with Gasteiger partial charge >= 0.3 is 5.97 Å². The third-order valence-corrected chi connectivity index (χ3v) is 4.30. The number of amides is 1. The molecule has 0 bridgehead atoms. The van der Waals surface area contributed by atoms with Crippen molar-refractivity contribution in [1.82, 2.24) is 4.90 Å². The number of esters is 1. The molecule has 2 rings (SSSR count). The molecule has 2 aromatic carbocycles. The fourth-order valence-corrected chi connectivity index (χ4v) is 2.70. The first-order valence-electron chi connectivity index (χ1n) is 9.18. The summed E-state index contributed by atoms with van der Waals surface area (Å²) in [5.41, 5.74) is 1.60. The molecule has 0 saturated carbocycles. The molecule has 0 fully saturated rings. The molecule has 0 aliphatic rings. The monoisotopic (exact) mass is 385 g/mol. The highest BCUT2D eigenvalue weighted by Crippen LogP contribution is 2.16. The highest BCUT2D eigenvalue weighted by Gasteiger charge is 2.22. The van der Waals surface area contributed by atoms with E-state index in [0.29, 0.717) is 31.1 Å². The van der Waals surface area contributed by atoms with Crippen molar-refractivity contribution < 1.29 is 23.8 Å². The Morgan fingerprint density at radius 1 is 1.00 bits per heavy atom. The Morgan fingerprint density at radius 2 is 1.68 bits per heavy atom. The zero-order valence-corrected chi connectivity index (χ0v) is 16.6. The maximum Gasteiger partial charge on any atom is 0.310 e. The molecule has 0 aromatic heterocycles. The highest BCUT2D eigenvalue weighted by atomic mass is 16.5. The highest BCUT2D eigenvalue weighted by molar-refractivity contribution is 5.94. The lowest BCUT2D eigenvalue weighted by atomic mass is 10.1. The third kappa shape index (κ3) is 6.39. The van der Waals surface area contributed by atoms with E-state index in [9.17, 15) is 9.59 Å². The molecule has 0 radical (unpaired) electrons. The van der Waals surface area contributed by atoms with E-state index in [2.05, 4.69) is 0 Å². The summed E-state index contributed by atoms with van der Waals surface area (Å²) in [4.78, 5) is 26.2. The average Bonchev–Trinajstić information content (AvgIpc) is 2.75.